The Morgan fingerprint density at radius 2 is 1.90 bits per heavy atom. The Hall–Kier alpha value is -3.67. The molecule has 2 aromatic rings. The molecule has 0 atom stereocenters. The lowest BCUT2D eigenvalue weighted by atomic mass is 9.90. The Kier molecular flexibility index (Phi) is 4.47. The van der Waals surface area contributed by atoms with E-state index in [1.165, 1.54) is 0 Å². The second-order valence-electron chi connectivity index (χ2n) is 7.81. The number of hydrogen-bond donors (Lipinski definition) is 2. The first-order valence-electron chi connectivity index (χ1n) is 10.1. The minimum absolute atomic E-state index is 0.145. The fourth-order valence-electron chi connectivity index (χ4n) is 4.33. The van der Waals surface area contributed by atoms with Gasteiger partial charge in [0, 0.05) is 30.0 Å². The predicted molar refractivity (Wildman–Crippen MR) is 119 cm³/mol. The molecule has 1 aliphatic carbocycles. The van der Waals surface area contributed by atoms with Crippen molar-refractivity contribution in [2.75, 3.05) is 18.0 Å². The fraction of sp³-hybridized carbons (Fsp3) is 0.208. The van der Waals surface area contributed by atoms with Crippen molar-refractivity contribution in [2.45, 2.75) is 12.8 Å². The molecule has 5 rings (SSSR count). The Morgan fingerprint density at radius 1 is 1.10 bits per heavy atom. The zero-order chi connectivity index (χ0) is 20.7. The summed E-state index contributed by atoms with van der Waals surface area (Å²) in [6, 6.07) is 15.7. The van der Waals surface area contributed by atoms with Crippen LogP contribution in [0.2, 0.25) is 0 Å². The largest absolute Gasteiger partial charge is 0.371 e. The minimum Gasteiger partial charge on any atom is -0.371 e. The zero-order valence-electron chi connectivity index (χ0n) is 16.5. The second kappa shape index (κ2) is 7.30. The van der Waals surface area contributed by atoms with Crippen molar-refractivity contribution in [1.29, 1.82) is 0 Å². The molecule has 3 aliphatic rings. The molecule has 2 aliphatic heterocycles. The van der Waals surface area contributed by atoms with Gasteiger partial charge < -0.3 is 14.9 Å². The summed E-state index contributed by atoms with van der Waals surface area (Å²) in [6.07, 6.45) is 2.74. The van der Waals surface area contributed by atoms with Crippen molar-refractivity contribution in [2.24, 2.45) is 5.92 Å². The highest BCUT2D eigenvalue weighted by atomic mass is 16.1. The van der Waals surface area contributed by atoms with E-state index in [-0.39, 0.29) is 11.5 Å². The molecule has 0 saturated carbocycles. The van der Waals surface area contributed by atoms with Crippen LogP contribution in [-0.2, 0) is 4.79 Å². The Morgan fingerprint density at radius 3 is 2.70 bits per heavy atom. The third kappa shape index (κ3) is 3.10. The molecule has 30 heavy (non-hydrogen) atoms. The maximum Gasteiger partial charge on any atom is 0.260 e. The van der Waals surface area contributed by atoms with Crippen molar-refractivity contribution in [3.05, 3.63) is 71.0 Å². The van der Waals surface area contributed by atoms with Crippen LogP contribution >= 0.6 is 0 Å². The lowest BCUT2D eigenvalue weighted by molar-refractivity contribution is -0.105. The molecule has 0 bridgehead atoms. The summed E-state index contributed by atoms with van der Waals surface area (Å²) in [5.74, 6) is 0.852. The lowest BCUT2D eigenvalue weighted by Gasteiger charge is -2.33. The number of carbonyl (C=O) groups excluding carboxylic acids is 1. The number of benzene rings is 1. The molecule has 150 valence electrons. The quantitative estimate of drug-likeness (QED) is 0.402. The number of allylic oxidation sites excluding steroid dienone is 1. The number of aromatic nitrogens is 3. The van der Waals surface area contributed by atoms with Crippen molar-refractivity contribution in [3.8, 4) is 22.6 Å². The fourth-order valence-corrected chi connectivity index (χ4v) is 4.33. The molecule has 0 radical (unpaired) electrons. The summed E-state index contributed by atoms with van der Waals surface area (Å²) in [5, 5.41) is 0. The highest BCUT2D eigenvalue weighted by Crippen LogP contribution is 2.31. The van der Waals surface area contributed by atoms with Crippen LogP contribution in [0.15, 0.2) is 65.5 Å². The van der Waals surface area contributed by atoms with Crippen LogP contribution in [0.1, 0.15) is 12.8 Å². The van der Waals surface area contributed by atoms with Crippen LogP contribution in [0, 0.1) is 5.92 Å². The van der Waals surface area contributed by atoms with Crippen LogP contribution in [0.3, 0.4) is 0 Å². The number of hydrogen-bond acceptors (Lipinski definition) is 4. The molecular weight excluding hydrogens is 376 g/mol. The van der Waals surface area contributed by atoms with Gasteiger partial charge in [0.05, 0.1) is 16.6 Å². The topological polar surface area (TPSA) is 81.8 Å². The number of anilines is 1. The van der Waals surface area contributed by atoms with E-state index in [0.29, 0.717) is 17.0 Å². The first-order valence-corrected chi connectivity index (χ1v) is 10.1. The van der Waals surface area contributed by atoms with Crippen LogP contribution in [0.5, 0.6) is 0 Å². The van der Waals surface area contributed by atoms with Gasteiger partial charge in [-0.2, -0.15) is 0 Å². The number of H-pyrrole nitrogens is 2. The summed E-state index contributed by atoms with van der Waals surface area (Å²) < 4.78 is 0. The van der Waals surface area contributed by atoms with Gasteiger partial charge in [-0.15, -0.1) is 0 Å². The Balaban J connectivity index is 1.47. The predicted octanol–water partition coefficient (Wildman–Crippen LogP) is 3.99. The molecule has 0 spiro atoms. The molecule has 2 N–H and O–H groups in total. The van der Waals surface area contributed by atoms with Gasteiger partial charge in [-0.05, 0) is 48.6 Å². The number of imidazole rings is 1. The van der Waals surface area contributed by atoms with E-state index in [4.69, 9.17) is 0 Å². The lowest BCUT2D eigenvalue weighted by Crippen LogP contribution is -2.34. The van der Waals surface area contributed by atoms with E-state index in [1.807, 2.05) is 36.4 Å². The summed E-state index contributed by atoms with van der Waals surface area (Å²) >= 11 is 0. The molecule has 1 aromatic carbocycles. The van der Waals surface area contributed by atoms with Crippen LogP contribution < -0.4 is 10.5 Å². The van der Waals surface area contributed by atoms with Crippen LogP contribution in [-0.4, -0.2) is 34.3 Å². The average molecular weight is 398 g/mol. The number of fused-ring (bicyclic) bond motifs is 2. The number of nitrogens with zero attached hydrogens (tertiary/aromatic N) is 2. The smallest absolute Gasteiger partial charge is 0.260 e. The van der Waals surface area contributed by atoms with Gasteiger partial charge in [-0.25, -0.2) is 4.98 Å². The number of aromatic amines is 2. The van der Waals surface area contributed by atoms with E-state index in [0.717, 1.165) is 60.2 Å². The number of carbonyl (C=O) groups is 1. The standard InChI is InChI=1S/C24H22N4O2/c1-15(14-29)16-9-11-28(12-10-16)17-7-8-20-21(13-17)26-23(25-20)22-18-5-3-2-4-6-19(18)27-24(22)30/h2-8,13-14,16H,1,9-12H2,(H,25,26)(H,27,30). The second-order valence-corrected chi connectivity index (χ2v) is 7.81. The molecule has 1 aromatic heterocycles. The van der Waals surface area contributed by atoms with Crippen molar-refractivity contribution >= 4 is 23.0 Å². The first-order chi connectivity index (χ1) is 14.6. The van der Waals surface area contributed by atoms with E-state index in [2.05, 4.69) is 38.6 Å². The number of piperidine rings is 1. The maximum absolute atomic E-state index is 12.6. The Bertz CT molecular complexity index is 1280. The highest BCUT2D eigenvalue weighted by molar-refractivity contribution is 5.87. The van der Waals surface area contributed by atoms with E-state index in [9.17, 15) is 9.59 Å². The number of nitrogens with one attached hydrogen (secondary N) is 2. The van der Waals surface area contributed by atoms with E-state index < -0.39 is 0 Å². The van der Waals surface area contributed by atoms with E-state index >= 15 is 0 Å². The van der Waals surface area contributed by atoms with Crippen LogP contribution in [0.4, 0.5) is 5.69 Å². The number of aldehydes is 1. The SMILES string of the molecule is C=C(C=O)C1CCN(c2ccc3nc(-c4c5cccccc-5[nH]c4=O)[nH]c3c2)CC1. The average Bonchev–Trinajstić information content (AvgIpc) is 3.24. The zero-order valence-corrected chi connectivity index (χ0v) is 16.5. The summed E-state index contributed by atoms with van der Waals surface area (Å²) in [7, 11) is 0. The van der Waals surface area contributed by atoms with Gasteiger partial charge in [-0.1, -0.05) is 30.8 Å². The van der Waals surface area contributed by atoms with Gasteiger partial charge in [0.15, 0.2) is 0 Å². The molecule has 6 nitrogen and oxygen atoms in total. The maximum atomic E-state index is 12.6. The van der Waals surface area contributed by atoms with Gasteiger partial charge in [-0.3, -0.25) is 9.59 Å². The number of rotatable bonds is 4. The minimum atomic E-state index is -0.145. The normalized spacial score (nSPS) is 15.0. The molecule has 6 heteroatoms. The highest BCUT2D eigenvalue weighted by Gasteiger charge is 2.22. The van der Waals surface area contributed by atoms with Gasteiger partial charge >= 0.3 is 0 Å². The van der Waals surface area contributed by atoms with Crippen LogP contribution in [0.25, 0.3) is 33.7 Å². The molecule has 0 unspecified atom stereocenters. The molecule has 0 amide bonds. The van der Waals surface area contributed by atoms with Crippen molar-refractivity contribution in [1.82, 2.24) is 15.0 Å². The van der Waals surface area contributed by atoms with Gasteiger partial charge in [0.1, 0.15) is 12.1 Å². The molecule has 1 fully saturated rings. The van der Waals surface area contributed by atoms with Crippen molar-refractivity contribution < 1.29 is 4.79 Å². The molecular formula is C24H22N4O2. The third-order valence-corrected chi connectivity index (χ3v) is 6.02. The monoisotopic (exact) mass is 398 g/mol. The van der Waals surface area contributed by atoms with Gasteiger partial charge in [0.2, 0.25) is 0 Å². The van der Waals surface area contributed by atoms with Gasteiger partial charge in [0.25, 0.3) is 5.56 Å². The Labute approximate surface area is 173 Å². The molecule has 1 saturated heterocycles. The molecule has 3 heterocycles. The van der Waals surface area contributed by atoms with Crippen molar-refractivity contribution in [3.63, 3.8) is 0 Å². The van der Waals surface area contributed by atoms with E-state index in [1.54, 1.807) is 0 Å². The summed E-state index contributed by atoms with van der Waals surface area (Å²) in [6.45, 7) is 5.63. The summed E-state index contributed by atoms with van der Waals surface area (Å²) in [4.78, 5) is 36.8. The third-order valence-electron chi connectivity index (χ3n) is 6.02. The first kappa shape index (κ1) is 18.4. The summed E-state index contributed by atoms with van der Waals surface area (Å²) in [5.41, 5.74) is 5.59.